The number of aryl methyl sites for hydroxylation is 1. The van der Waals surface area contributed by atoms with Crippen molar-refractivity contribution in [1.82, 2.24) is 24.4 Å². The van der Waals surface area contributed by atoms with Crippen molar-refractivity contribution in [3.63, 3.8) is 0 Å². The lowest BCUT2D eigenvalue weighted by Crippen LogP contribution is -2.36. The van der Waals surface area contributed by atoms with Gasteiger partial charge in [-0.3, -0.25) is 4.90 Å². The van der Waals surface area contributed by atoms with Crippen LogP contribution in [0.2, 0.25) is 0 Å². The number of anilines is 2. The lowest BCUT2D eigenvalue weighted by molar-refractivity contribution is 0.0338. The lowest BCUT2D eigenvalue weighted by Gasteiger charge is -2.27. The van der Waals surface area contributed by atoms with E-state index in [1.807, 2.05) is 11.5 Å². The van der Waals surface area contributed by atoms with Gasteiger partial charge in [-0.25, -0.2) is 27.8 Å². The Morgan fingerprint density at radius 3 is 2.54 bits per heavy atom. The van der Waals surface area contributed by atoms with E-state index in [0.717, 1.165) is 38.0 Å². The van der Waals surface area contributed by atoms with E-state index < -0.39 is 15.7 Å². The molecule has 0 saturated carbocycles. The van der Waals surface area contributed by atoms with Crippen molar-refractivity contribution in [3.05, 3.63) is 47.8 Å². The van der Waals surface area contributed by atoms with Gasteiger partial charge in [0.15, 0.2) is 15.7 Å². The van der Waals surface area contributed by atoms with Gasteiger partial charge in [-0.05, 0) is 37.5 Å². The van der Waals surface area contributed by atoms with Crippen LogP contribution in [0.15, 0.2) is 35.5 Å². The summed E-state index contributed by atoms with van der Waals surface area (Å²) >= 11 is 0. The number of imidazole rings is 1. The number of rotatable bonds is 7. The fraction of sp³-hybridized carbons (Fsp3) is 0.480. The quantitative estimate of drug-likeness (QED) is 0.492. The highest BCUT2D eigenvalue weighted by atomic mass is 32.2. The largest absolute Gasteiger partial charge is 0.381 e. The second kappa shape index (κ2) is 10.8. The van der Waals surface area contributed by atoms with Gasteiger partial charge in [-0.1, -0.05) is 6.07 Å². The third-order valence-electron chi connectivity index (χ3n) is 6.74. The number of morpholine rings is 1. The average molecular weight is 531 g/mol. The van der Waals surface area contributed by atoms with E-state index in [2.05, 4.69) is 25.2 Å². The third-order valence-corrected chi connectivity index (χ3v) is 7.92. The number of hydrogen-bond donors (Lipinski definition) is 1. The second-order valence-electron chi connectivity index (χ2n) is 9.40. The molecule has 3 aromatic rings. The summed E-state index contributed by atoms with van der Waals surface area (Å²) in [6.07, 6.45) is 5.56. The molecule has 0 unspecified atom stereocenters. The molecule has 2 fully saturated rings. The first-order chi connectivity index (χ1) is 17.8. The molecule has 4 heterocycles. The number of ether oxygens (including phenoxy) is 2. The van der Waals surface area contributed by atoms with Gasteiger partial charge in [-0.2, -0.15) is 0 Å². The fourth-order valence-electron chi connectivity index (χ4n) is 4.88. The van der Waals surface area contributed by atoms with Gasteiger partial charge in [0.1, 0.15) is 11.5 Å². The molecule has 12 heteroatoms. The first kappa shape index (κ1) is 25.7. The van der Waals surface area contributed by atoms with Gasteiger partial charge in [0.2, 0.25) is 5.95 Å². The van der Waals surface area contributed by atoms with Crippen molar-refractivity contribution in [2.75, 3.05) is 51.1 Å². The molecule has 1 aromatic carbocycles. The molecule has 0 amide bonds. The van der Waals surface area contributed by atoms with Crippen LogP contribution in [-0.2, 0) is 25.9 Å². The van der Waals surface area contributed by atoms with Crippen LogP contribution in [0.4, 0.5) is 16.0 Å². The molecule has 1 N–H and O–H groups in total. The van der Waals surface area contributed by atoms with Crippen LogP contribution in [0.1, 0.15) is 30.3 Å². The lowest BCUT2D eigenvalue weighted by atomic mass is 10.1. The molecule has 2 saturated heterocycles. The molecule has 2 aliphatic heterocycles. The zero-order valence-electron chi connectivity index (χ0n) is 21.0. The highest BCUT2D eigenvalue weighted by Gasteiger charge is 2.24. The maximum atomic E-state index is 14.9. The molecule has 37 heavy (non-hydrogen) atoms. The first-order valence-electron chi connectivity index (χ1n) is 12.3. The van der Waals surface area contributed by atoms with E-state index in [1.54, 1.807) is 24.4 Å². The topological polar surface area (TPSA) is 111 Å². The smallest absolute Gasteiger partial charge is 0.227 e. The van der Waals surface area contributed by atoms with Gasteiger partial charge >= 0.3 is 0 Å². The predicted octanol–water partition coefficient (Wildman–Crippen LogP) is 3.12. The van der Waals surface area contributed by atoms with Crippen LogP contribution in [-0.4, -0.2) is 78.6 Å². The van der Waals surface area contributed by atoms with Crippen molar-refractivity contribution in [1.29, 1.82) is 0 Å². The van der Waals surface area contributed by atoms with Crippen LogP contribution in [0, 0.1) is 12.7 Å². The molecule has 2 aliphatic rings. The summed E-state index contributed by atoms with van der Waals surface area (Å²) in [6.45, 7) is 6.45. The van der Waals surface area contributed by atoms with Gasteiger partial charge in [0, 0.05) is 50.8 Å². The highest BCUT2D eigenvalue weighted by molar-refractivity contribution is 7.90. The summed E-state index contributed by atoms with van der Waals surface area (Å²) in [6, 6.07) is 5.30. The van der Waals surface area contributed by atoms with Crippen molar-refractivity contribution in [2.24, 2.45) is 0 Å². The Morgan fingerprint density at radius 2 is 1.81 bits per heavy atom. The standard InChI is InChI=1S/C25H31FN6O4S/c1-17-27-15-22(32(17)20-5-9-35-10-6-20)24-21(26)14-28-25(30-24)29-19-4-3-18(23(13-19)37(2,33)34)16-31-7-11-36-12-8-31/h3-4,13-15,20H,5-12,16H2,1-2H3,(H,28,29,30). The van der Waals surface area contributed by atoms with E-state index in [0.29, 0.717) is 49.9 Å². The maximum Gasteiger partial charge on any atom is 0.227 e. The van der Waals surface area contributed by atoms with E-state index in [-0.39, 0.29) is 22.6 Å². The minimum atomic E-state index is -3.49. The van der Waals surface area contributed by atoms with Gasteiger partial charge in [-0.15, -0.1) is 0 Å². The number of nitrogens with zero attached hydrogens (tertiary/aromatic N) is 5. The molecule has 2 aromatic heterocycles. The summed E-state index contributed by atoms with van der Waals surface area (Å²) < 4.78 is 53.0. The first-order valence-corrected chi connectivity index (χ1v) is 14.2. The van der Waals surface area contributed by atoms with Crippen LogP contribution < -0.4 is 5.32 Å². The van der Waals surface area contributed by atoms with Crippen LogP contribution in [0.25, 0.3) is 11.4 Å². The minimum Gasteiger partial charge on any atom is -0.381 e. The maximum absolute atomic E-state index is 14.9. The monoisotopic (exact) mass is 530 g/mol. The molecule has 0 bridgehead atoms. The summed E-state index contributed by atoms with van der Waals surface area (Å²) in [4.78, 5) is 15.4. The van der Waals surface area contributed by atoms with E-state index >= 15 is 0 Å². The normalized spacial score (nSPS) is 17.7. The zero-order valence-corrected chi connectivity index (χ0v) is 21.8. The number of halogens is 1. The van der Waals surface area contributed by atoms with Gasteiger partial charge in [0.25, 0.3) is 0 Å². The minimum absolute atomic E-state index is 0.136. The van der Waals surface area contributed by atoms with E-state index in [4.69, 9.17) is 9.47 Å². The molecule has 0 radical (unpaired) electrons. The summed E-state index contributed by atoms with van der Waals surface area (Å²) in [5, 5.41) is 3.05. The summed E-state index contributed by atoms with van der Waals surface area (Å²) in [5.41, 5.74) is 1.92. The Bertz CT molecular complexity index is 1370. The zero-order chi connectivity index (χ0) is 26.0. The van der Waals surface area contributed by atoms with Gasteiger partial charge in [0.05, 0.1) is 36.2 Å². The van der Waals surface area contributed by atoms with Crippen molar-refractivity contribution in [2.45, 2.75) is 37.2 Å². The Morgan fingerprint density at radius 1 is 1.08 bits per heavy atom. The Labute approximate surface area is 215 Å². The molecule has 0 aliphatic carbocycles. The van der Waals surface area contributed by atoms with Crippen molar-refractivity contribution >= 4 is 21.5 Å². The molecular weight excluding hydrogens is 499 g/mol. The molecular formula is C25H31FN6O4S. The van der Waals surface area contributed by atoms with E-state index in [9.17, 15) is 12.8 Å². The van der Waals surface area contributed by atoms with Crippen molar-refractivity contribution < 1.29 is 22.3 Å². The number of nitrogens with one attached hydrogen (secondary N) is 1. The van der Waals surface area contributed by atoms with Crippen LogP contribution in [0.3, 0.4) is 0 Å². The van der Waals surface area contributed by atoms with E-state index in [1.165, 1.54) is 6.26 Å². The fourth-order valence-corrected chi connectivity index (χ4v) is 5.83. The van der Waals surface area contributed by atoms with Crippen molar-refractivity contribution in [3.8, 4) is 11.4 Å². The third kappa shape index (κ3) is 5.82. The van der Waals surface area contributed by atoms with Crippen LogP contribution >= 0.6 is 0 Å². The number of aromatic nitrogens is 4. The SMILES string of the molecule is Cc1ncc(-c2nc(Nc3ccc(CN4CCOCC4)c(S(C)(=O)=O)c3)ncc2F)n1C1CCOCC1. The molecule has 198 valence electrons. The predicted molar refractivity (Wildman–Crippen MR) is 136 cm³/mol. The Hall–Kier alpha value is -2.93. The van der Waals surface area contributed by atoms with Gasteiger partial charge < -0.3 is 19.4 Å². The highest BCUT2D eigenvalue weighted by Crippen LogP contribution is 2.31. The summed E-state index contributed by atoms with van der Waals surface area (Å²) in [5.74, 6) is 0.383. The summed E-state index contributed by atoms with van der Waals surface area (Å²) in [7, 11) is -3.49. The number of sulfone groups is 1. The Balaban J connectivity index is 1.43. The molecule has 0 atom stereocenters. The number of hydrogen-bond acceptors (Lipinski definition) is 9. The molecule has 5 rings (SSSR count). The average Bonchev–Trinajstić information content (AvgIpc) is 3.27. The second-order valence-corrected chi connectivity index (χ2v) is 11.4. The molecule has 10 nitrogen and oxygen atoms in total. The Kier molecular flexibility index (Phi) is 7.52. The number of benzene rings is 1. The molecule has 0 spiro atoms. The van der Waals surface area contributed by atoms with Crippen LogP contribution in [0.5, 0.6) is 0 Å².